The van der Waals surface area contributed by atoms with Crippen molar-refractivity contribution in [3.8, 4) is 11.5 Å². The van der Waals surface area contributed by atoms with Crippen LogP contribution in [0, 0.1) is 0 Å². The number of nitrogens with one attached hydrogen (secondary N) is 1. The van der Waals surface area contributed by atoms with Gasteiger partial charge in [-0.3, -0.25) is 4.79 Å². The third-order valence-corrected chi connectivity index (χ3v) is 7.98. The van der Waals surface area contributed by atoms with Crippen LogP contribution in [0.15, 0.2) is 62.9 Å². The molecule has 4 rings (SSSR count). The Balaban J connectivity index is 1.57. The number of hydrogen-bond donors (Lipinski definition) is 1. The molecule has 0 spiro atoms. The molecule has 3 aromatic rings. The van der Waals surface area contributed by atoms with E-state index in [4.69, 9.17) is 55.9 Å². The summed E-state index contributed by atoms with van der Waals surface area (Å²) in [5.74, 6) is 0.802. The minimum Gasteiger partial charge on any atom is -0.490 e. The van der Waals surface area contributed by atoms with Gasteiger partial charge >= 0.3 is 0 Å². The fourth-order valence-corrected chi connectivity index (χ4v) is 5.06. The molecule has 0 radical (unpaired) electrons. The number of ether oxygens (including phenoxy) is 2. The topological polar surface area (TPSA) is 59.9 Å². The lowest BCUT2D eigenvalue weighted by molar-refractivity contribution is -0.115. The van der Waals surface area contributed by atoms with Crippen molar-refractivity contribution in [2.45, 2.75) is 13.5 Å². The fraction of sp³-hybridized carbons (Fsp3) is 0.120. The van der Waals surface area contributed by atoms with Crippen LogP contribution in [0.3, 0.4) is 0 Å². The molecule has 0 aromatic heterocycles. The number of hydrogen-bond acceptors (Lipinski definition) is 5. The van der Waals surface area contributed by atoms with Crippen molar-refractivity contribution in [1.82, 2.24) is 5.32 Å². The summed E-state index contributed by atoms with van der Waals surface area (Å²) >= 11 is 29.1. The molecule has 1 saturated heterocycles. The first kappa shape index (κ1) is 27.2. The van der Waals surface area contributed by atoms with Gasteiger partial charge in [0, 0.05) is 4.47 Å². The Kier molecular flexibility index (Phi) is 9.15. The first-order chi connectivity index (χ1) is 17.2. The van der Waals surface area contributed by atoms with E-state index >= 15 is 0 Å². The summed E-state index contributed by atoms with van der Waals surface area (Å²) in [4.78, 5) is 17.5. The Labute approximate surface area is 240 Å². The van der Waals surface area contributed by atoms with Gasteiger partial charge in [0.05, 0.1) is 37.3 Å². The predicted octanol–water partition coefficient (Wildman–Crippen LogP) is 8.93. The number of carbonyl (C=O) groups is 1. The number of aliphatic imine (C=N–C) groups is 1. The van der Waals surface area contributed by atoms with Gasteiger partial charge in [-0.25, -0.2) is 4.99 Å². The number of rotatable bonds is 7. The van der Waals surface area contributed by atoms with Crippen molar-refractivity contribution in [1.29, 1.82) is 0 Å². The van der Waals surface area contributed by atoms with E-state index < -0.39 is 0 Å². The Bertz CT molecular complexity index is 1400. The lowest BCUT2D eigenvalue weighted by Gasteiger charge is -2.14. The molecule has 3 aromatic carbocycles. The second-order valence-electron chi connectivity index (χ2n) is 7.35. The smallest absolute Gasteiger partial charge is 0.264 e. The molecule has 1 fully saturated rings. The van der Waals surface area contributed by atoms with Crippen molar-refractivity contribution in [3.05, 3.63) is 89.1 Å². The van der Waals surface area contributed by atoms with Gasteiger partial charge in [-0.1, -0.05) is 74.5 Å². The molecule has 5 nitrogen and oxygen atoms in total. The Morgan fingerprint density at radius 1 is 1.00 bits per heavy atom. The first-order valence-electron chi connectivity index (χ1n) is 10.5. The summed E-state index contributed by atoms with van der Waals surface area (Å²) in [6, 6.07) is 14.1. The summed E-state index contributed by atoms with van der Waals surface area (Å²) in [5, 5.41) is 4.79. The second-order valence-corrected chi connectivity index (χ2v) is 10.8. The highest BCUT2D eigenvalue weighted by molar-refractivity contribution is 9.10. The number of carbonyl (C=O) groups excluding carboxylic acids is 1. The van der Waals surface area contributed by atoms with E-state index in [1.165, 1.54) is 11.8 Å². The maximum Gasteiger partial charge on any atom is 0.264 e. The van der Waals surface area contributed by atoms with E-state index in [9.17, 15) is 4.79 Å². The Morgan fingerprint density at radius 3 is 2.53 bits per heavy atom. The Hall–Kier alpha value is -1.87. The quantitative estimate of drug-likeness (QED) is 0.260. The van der Waals surface area contributed by atoms with Gasteiger partial charge in [0.2, 0.25) is 0 Å². The zero-order valence-corrected chi connectivity index (χ0v) is 24.0. The number of benzene rings is 3. The number of thioether (sulfide) groups is 1. The van der Waals surface area contributed by atoms with Gasteiger partial charge in [0.15, 0.2) is 16.7 Å². The molecular weight excluding hydrogens is 630 g/mol. The molecule has 186 valence electrons. The summed E-state index contributed by atoms with van der Waals surface area (Å²) < 4.78 is 12.5. The van der Waals surface area contributed by atoms with Crippen LogP contribution < -0.4 is 14.8 Å². The van der Waals surface area contributed by atoms with Crippen molar-refractivity contribution in [3.63, 3.8) is 0 Å². The highest BCUT2D eigenvalue weighted by atomic mass is 79.9. The molecule has 0 atom stereocenters. The van der Waals surface area contributed by atoms with Crippen LogP contribution >= 0.6 is 74.1 Å². The molecule has 0 aliphatic carbocycles. The molecule has 36 heavy (non-hydrogen) atoms. The van der Waals surface area contributed by atoms with Crippen LogP contribution in [-0.4, -0.2) is 17.7 Å². The lowest BCUT2D eigenvalue weighted by Crippen LogP contribution is -2.19. The largest absolute Gasteiger partial charge is 0.490 e. The minimum atomic E-state index is -0.276. The molecule has 1 aliphatic heterocycles. The van der Waals surface area contributed by atoms with Crippen molar-refractivity contribution >= 4 is 96.9 Å². The minimum absolute atomic E-state index is 0.272. The number of halogens is 5. The van der Waals surface area contributed by atoms with E-state index in [0.29, 0.717) is 54.0 Å². The predicted molar refractivity (Wildman–Crippen MR) is 153 cm³/mol. The van der Waals surface area contributed by atoms with E-state index in [2.05, 4.69) is 26.2 Å². The highest BCUT2D eigenvalue weighted by Crippen LogP contribution is 2.38. The molecule has 0 unspecified atom stereocenters. The van der Waals surface area contributed by atoms with Gasteiger partial charge in [-0.15, -0.1) is 0 Å². The molecular formula is C25H17BrCl4N2O3S. The maximum atomic E-state index is 12.6. The highest BCUT2D eigenvalue weighted by Gasteiger charge is 2.25. The lowest BCUT2D eigenvalue weighted by atomic mass is 10.1. The monoisotopic (exact) mass is 644 g/mol. The molecule has 0 bridgehead atoms. The SMILES string of the molecule is CCOc1cc(/C=C2/SC(=Nc3cccc(Cl)c3Cl)NC2=O)c(Br)cc1OCc1ccc(Cl)c(Cl)c1. The van der Waals surface area contributed by atoms with E-state index in [1.807, 2.05) is 19.1 Å². The number of amides is 1. The van der Waals surface area contributed by atoms with Gasteiger partial charge in [0.25, 0.3) is 5.91 Å². The normalized spacial score (nSPS) is 15.4. The van der Waals surface area contributed by atoms with Crippen molar-refractivity contribution < 1.29 is 14.3 Å². The van der Waals surface area contributed by atoms with E-state index in [-0.39, 0.29) is 12.5 Å². The molecule has 1 heterocycles. The van der Waals surface area contributed by atoms with Crippen LogP contribution in [0.1, 0.15) is 18.1 Å². The molecule has 1 amide bonds. The number of amidine groups is 1. The van der Waals surface area contributed by atoms with Crippen LogP contribution in [0.2, 0.25) is 20.1 Å². The standard InChI is InChI=1S/C25H17BrCl4N2O3S/c1-2-34-20-9-14(15(26)11-21(20)35-12-13-6-7-16(27)18(29)8-13)10-22-24(33)32-25(36-22)31-19-5-3-4-17(28)23(19)30/h3-11H,2,12H2,1H3,(H,31,32,33)/b22-10+. The zero-order valence-electron chi connectivity index (χ0n) is 18.6. The average Bonchev–Trinajstić information content (AvgIpc) is 3.18. The summed E-state index contributed by atoms with van der Waals surface area (Å²) in [6.45, 7) is 2.59. The zero-order chi connectivity index (χ0) is 25.8. The van der Waals surface area contributed by atoms with Gasteiger partial charge < -0.3 is 14.8 Å². The first-order valence-corrected chi connectivity index (χ1v) is 13.6. The average molecular weight is 647 g/mol. The van der Waals surface area contributed by atoms with E-state index in [1.54, 1.807) is 42.5 Å². The third kappa shape index (κ3) is 6.52. The van der Waals surface area contributed by atoms with Gasteiger partial charge in [-0.2, -0.15) is 0 Å². The van der Waals surface area contributed by atoms with Crippen LogP contribution in [0.4, 0.5) is 5.69 Å². The molecule has 1 N–H and O–H groups in total. The maximum absolute atomic E-state index is 12.6. The fourth-order valence-electron chi connectivity index (χ4n) is 3.14. The second kappa shape index (κ2) is 12.1. The van der Waals surface area contributed by atoms with Gasteiger partial charge in [0.1, 0.15) is 6.61 Å². The van der Waals surface area contributed by atoms with Crippen molar-refractivity contribution in [2.24, 2.45) is 4.99 Å². The van der Waals surface area contributed by atoms with E-state index in [0.717, 1.165) is 15.6 Å². The molecule has 0 saturated carbocycles. The summed E-state index contributed by atoms with van der Waals surface area (Å²) in [5.41, 5.74) is 2.07. The molecule has 11 heteroatoms. The molecule has 1 aliphatic rings. The number of nitrogens with zero attached hydrogens (tertiary/aromatic N) is 1. The van der Waals surface area contributed by atoms with Crippen LogP contribution in [-0.2, 0) is 11.4 Å². The summed E-state index contributed by atoms with van der Waals surface area (Å²) in [7, 11) is 0. The summed E-state index contributed by atoms with van der Waals surface area (Å²) in [6.07, 6.45) is 1.75. The van der Waals surface area contributed by atoms with Gasteiger partial charge in [-0.05, 0) is 72.3 Å². The van der Waals surface area contributed by atoms with Crippen LogP contribution in [0.5, 0.6) is 11.5 Å². The third-order valence-electron chi connectivity index (χ3n) is 4.83. The Morgan fingerprint density at radius 2 is 1.78 bits per heavy atom. The van der Waals surface area contributed by atoms with Crippen LogP contribution in [0.25, 0.3) is 6.08 Å². The van der Waals surface area contributed by atoms with Crippen molar-refractivity contribution in [2.75, 3.05) is 6.61 Å².